The van der Waals surface area contributed by atoms with Crippen molar-refractivity contribution >= 4 is 23.1 Å². The van der Waals surface area contributed by atoms with Gasteiger partial charge in [0.25, 0.3) is 5.91 Å². The minimum Gasteiger partial charge on any atom is -0.476 e. The smallest absolute Gasteiger partial charge is 0.270 e. The summed E-state index contributed by atoms with van der Waals surface area (Å²) in [5.74, 6) is 1.17. The lowest BCUT2D eigenvalue weighted by Gasteiger charge is -2.31. The lowest BCUT2D eigenvalue weighted by Crippen LogP contribution is -2.36. The van der Waals surface area contributed by atoms with Crippen LogP contribution in [0.5, 0.6) is 5.75 Å². The molecule has 1 aliphatic carbocycles. The summed E-state index contributed by atoms with van der Waals surface area (Å²) in [6, 6.07) is 20.6. The summed E-state index contributed by atoms with van der Waals surface area (Å²) >= 11 is 0. The summed E-state index contributed by atoms with van der Waals surface area (Å²) in [5, 5.41) is 10.6. The molecule has 0 radical (unpaired) electrons. The van der Waals surface area contributed by atoms with Crippen LogP contribution in [0.1, 0.15) is 66.5 Å². The highest BCUT2D eigenvalue weighted by Crippen LogP contribution is 2.36. The van der Waals surface area contributed by atoms with Crippen LogP contribution >= 0.6 is 0 Å². The number of amides is 1. The zero-order valence-corrected chi connectivity index (χ0v) is 22.4. The SMILES string of the molecule is CON=C1CCCCN1c1ccc(NC(=O)C(Oc2ccc3c(c2)C(N=O)CCC3)c2ccccc2)cc1C. The molecule has 1 fully saturated rings. The molecule has 8 heteroatoms. The van der Waals surface area contributed by atoms with Crippen molar-refractivity contribution < 1.29 is 14.4 Å². The molecule has 3 aromatic carbocycles. The number of anilines is 2. The van der Waals surface area contributed by atoms with Gasteiger partial charge in [0.15, 0.2) is 0 Å². The van der Waals surface area contributed by atoms with E-state index in [0.29, 0.717) is 11.4 Å². The third-order valence-corrected chi connectivity index (χ3v) is 7.42. The maximum atomic E-state index is 13.6. The summed E-state index contributed by atoms with van der Waals surface area (Å²) in [7, 11) is 1.57. The molecule has 1 aliphatic heterocycles. The quantitative estimate of drug-likeness (QED) is 0.256. The average molecular weight is 527 g/mol. The van der Waals surface area contributed by atoms with E-state index in [1.165, 1.54) is 0 Å². The summed E-state index contributed by atoms with van der Waals surface area (Å²) in [6.07, 6.45) is 4.75. The number of hydrogen-bond donors (Lipinski definition) is 1. The number of hydrogen-bond acceptors (Lipinski definition) is 6. The number of piperidine rings is 1. The number of oxime groups is 1. The number of nitrogens with one attached hydrogen (secondary N) is 1. The topological polar surface area (TPSA) is 92.6 Å². The summed E-state index contributed by atoms with van der Waals surface area (Å²) in [6.45, 7) is 2.90. The van der Waals surface area contributed by atoms with Crippen LogP contribution < -0.4 is 15.0 Å². The first-order valence-electron chi connectivity index (χ1n) is 13.5. The lowest BCUT2D eigenvalue weighted by molar-refractivity contribution is -0.123. The average Bonchev–Trinajstić information content (AvgIpc) is 2.96. The number of ether oxygens (including phenoxy) is 1. The van der Waals surface area contributed by atoms with E-state index in [1.807, 2.05) is 73.7 Å². The Balaban J connectivity index is 1.38. The molecule has 2 unspecified atom stereocenters. The van der Waals surface area contributed by atoms with E-state index in [0.717, 1.165) is 78.8 Å². The second kappa shape index (κ2) is 12.1. The van der Waals surface area contributed by atoms with Crippen LogP contribution in [0, 0.1) is 11.8 Å². The van der Waals surface area contributed by atoms with Crippen LogP contribution in [0.15, 0.2) is 77.1 Å². The minimum atomic E-state index is -0.877. The van der Waals surface area contributed by atoms with Crippen molar-refractivity contribution in [3.05, 3.63) is 93.9 Å². The van der Waals surface area contributed by atoms with Gasteiger partial charge in [0.05, 0.1) is 0 Å². The van der Waals surface area contributed by atoms with E-state index in [9.17, 15) is 9.70 Å². The van der Waals surface area contributed by atoms with Crippen molar-refractivity contribution in [2.75, 3.05) is 23.9 Å². The fourth-order valence-electron chi connectivity index (χ4n) is 5.49. The van der Waals surface area contributed by atoms with Crippen molar-refractivity contribution in [3.63, 3.8) is 0 Å². The molecule has 39 heavy (non-hydrogen) atoms. The monoisotopic (exact) mass is 526 g/mol. The van der Waals surface area contributed by atoms with E-state index in [-0.39, 0.29) is 11.9 Å². The summed E-state index contributed by atoms with van der Waals surface area (Å²) < 4.78 is 6.29. The minimum absolute atomic E-state index is 0.282. The van der Waals surface area contributed by atoms with Gasteiger partial charge < -0.3 is 19.8 Å². The van der Waals surface area contributed by atoms with Gasteiger partial charge in [-0.2, -0.15) is 4.91 Å². The van der Waals surface area contributed by atoms with Crippen molar-refractivity contribution in [3.8, 4) is 5.75 Å². The van der Waals surface area contributed by atoms with Gasteiger partial charge in [-0.05, 0) is 86.1 Å². The Morgan fingerprint density at radius 3 is 2.64 bits per heavy atom. The summed E-state index contributed by atoms with van der Waals surface area (Å²) in [4.78, 5) is 32.3. The number of carbonyl (C=O) groups is 1. The third-order valence-electron chi connectivity index (χ3n) is 7.42. The fraction of sp³-hybridized carbons (Fsp3) is 0.355. The van der Waals surface area contributed by atoms with E-state index >= 15 is 0 Å². The van der Waals surface area contributed by atoms with Gasteiger partial charge in [-0.1, -0.05) is 46.7 Å². The van der Waals surface area contributed by atoms with E-state index in [1.54, 1.807) is 7.11 Å². The van der Waals surface area contributed by atoms with Crippen molar-refractivity contribution in [2.24, 2.45) is 10.3 Å². The lowest BCUT2D eigenvalue weighted by atomic mass is 9.88. The van der Waals surface area contributed by atoms with Crippen molar-refractivity contribution in [1.29, 1.82) is 0 Å². The Morgan fingerprint density at radius 1 is 1.03 bits per heavy atom. The number of rotatable bonds is 8. The largest absolute Gasteiger partial charge is 0.476 e. The molecular weight excluding hydrogens is 492 g/mol. The Hall–Kier alpha value is -4.20. The molecule has 2 aliphatic rings. The first kappa shape index (κ1) is 26.4. The van der Waals surface area contributed by atoms with Crippen LogP contribution in [0.4, 0.5) is 11.4 Å². The number of carbonyl (C=O) groups excluding carboxylic acids is 1. The second-order valence-electron chi connectivity index (χ2n) is 10.1. The summed E-state index contributed by atoms with van der Waals surface area (Å²) in [5.41, 5.74) is 5.50. The zero-order chi connectivity index (χ0) is 27.2. The third kappa shape index (κ3) is 5.95. The van der Waals surface area contributed by atoms with Gasteiger partial charge in [0, 0.05) is 29.9 Å². The molecule has 1 saturated heterocycles. The predicted molar refractivity (Wildman–Crippen MR) is 153 cm³/mol. The van der Waals surface area contributed by atoms with E-state index in [2.05, 4.69) is 20.5 Å². The molecule has 1 N–H and O–H groups in total. The first-order chi connectivity index (χ1) is 19.1. The van der Waals surface area contributed by atoms with Gasteiger partial charge in [-0.15, -0.1) is 0 Å². The number of nitrogens with zero attached hydrogens (tertiary/aromatic N) is 3. The molecule has 3 aromatic rings. The van der Waals surface area contributed by atoms with Crippen LogP contribution in [-0.4, -0.2) is 25.4 Å². The predicted octanol–water partition coefficient (Wildman–Crippen LogP) is 6.85. The van der Waals surface area contributed by atoms with Gasteiger partial charge in [-0.25, -0.2) is 0 Å². The van der Waals surface area contributed by atoms with Crippen LogP contribution in [0.3, 0.4) is 0 Å². The Bertz CT molecular complexity index is 1360. The Kier molecular flexibility index (Phi) is 8.20. The zero-order valence-electron chi connectivity index (χ0n) is 22.4. The molecule has 202 valence electrons. The molecule has 5 rings (SSSR count). The Morgan fingerprint density at radius 2 is 1.87 bits per heavy atom. The van der Waals surface area contributed by atoms with Crippen molar-refractivity contribution in [2.45, 2.75) is 57.6 Å². The van der Waals surface area contributed by atoms with Gasteiger partial charge in [0.2, 0.25) is 6.10 Å². The van der Waals surface area contributed by atoms with Gasteiger partial charge in [0.1, 0.15) is 24.7 Å². The van der Waals surface area contributed by atoms with Crippen LogP contribution in [-0.2, 0) is 16.1 Å². The molecule has 1 amide bonds. The molecule has 0 saturated carbocycles. The fourth-order valence-corrected chi connectivity index (χ4v) is 5.49. The number of benzene rings is 3. The first-order valence-corrected chi connectivity index (χ1v) is 13.5. The van der Waals surface area contributed by atoms with Crippen LogP contribution in [0.2, 0.25) is 0 Å². The normalized spacial score (nSPS) is 18.7. The number of aryl methyl sites for hydroxylation is 2. The maximum absolute atomic E-state index is 13.6. The van der Waals surface area contributed by atoms with Gasteiger partial charge >= 0.3 is 0 Å². The molecule has 0 spiro atoms. The highest BCUT2D eigenvalue weighted by molar-refractivity contribution is 5.99. The molecule has 0 bridgehead atoms. The van der Waals surface area contributed by atoms with Crippen LogP contribution in [0.25, 0.3) is 0 Å². The number of fused-ring (bicyclic) bond motifs is 1. The number of nitroso groups, excluding NO2 is 1. The molecular formula is C31H34N4O4. The molecule has 8 nitrogen and oxygen atoms in total. The number of amidine groups is 1. The standard InChI is InChI=1S/C31H34N4O4/c1-21-19-24(15-17-28(21)35-18-7-6-13-29(35)34-38-2)32-31(36)30(23-9-4-3-5-10-23)39-25-16-14-22-11-8-12-27(33-37)26(22)20-25/h3-5,9-10,14-17,19-20,27,30H,6-8,11-13,18H2,1-2H3,(H,32,36). The molecule has 2 atom stereocenters. The Labute approximate surface area is 229 Å². The maximum Gasteiger partial charge on any atom is 0.270 e. The van der Waals surface area contributed by atoms with E-state index in [4.69, 9.17) is 9.57 Å². The van der Waals surface area contributed by atoms with E-state index < -0.39 is 6.10 Å². The van der Waals surface area contributed by atoms with Crippen molar-refractivity contribution in [1.82, 2.24) is 0 Å². The highest BCUT2D eigenvalue weighted by atomic mass is 16.6. The molecule has 1 heterocycles. The highest BCUT2D eigenvalue weighted by Gasteiger charge is 2.26. The molecule has 0 aromatic heterocycles. The second-order valence-corrected chi connectivity index (χ2v) is 10.1. The van der Waals surface area contributed by atoms with Gasteiger partial charge in [-0.3, -0.25) is 4.79 Å².